The van der Waals surface area contributed by atoms with Crippen LogP contribution in [-0.2, 0) is 0 Å². The molecular weight excluding hydrogens is 701 g/mol. The van der Waals surface area contributed by atoms with Gasteiger partial charge in [-0.25, -0.2) is 15.0 Å². The highest BCUT2D eigenvalue weighted by atomic mass is 16.3. The zero-order valence-corrected chi connectivity index (χ0v) is 30.6. The Kier molecular flexibility index (Phi) is 7.71. The van der Waals surface area contributed by atoms with Crippen molar-refractivity contribution in [2.45, 2.75) is 0 Å². The van der Waals surface area contributed by atoms with Crippen molar-refractivity contribution in [1.29, 1.82) is 0 Å². The Labute approximate surface area is 328 Å². The fraction of sp³-hybridized carbons (Fsp3) is 0. The fourth-order valence-electron chi connectivity index (χ4n) is 7.85. The van der Waals surface area contributed by atoms with Gasteiger partial charge in [0.1, 0.15) is 16.7 Å². The van der Waals surface area contributed by atoms with Gasteiger partial charge in [-0.2, -0.15) is 0 Å². The molecule has 3 heterocycles. The maximum atomic E-state index is 6.56. The molecule has 0 saturated heterocycles. The van der Waals surface area contributed by atoms with E-state index in [1.807, 2.05) is 91.0 Å². The number of nitrogens with zero attached hydrogens (tertiary/aromatic N) is 4. The van der Waals surface area contributed by atoms with E-state index in [0.29, 0.717) is 17.5 Å². The first-order valence-corrected chi connectivity index (χ1v) is 18.9. The van der Waals surface area contributed by atoms with Gasteiger partial charge in [0.25, 0.3) is 0 Å². The first-order chi connectivity index (χ1) is 28.2. The Hall–Kier alpha value is -7.83. The second-order valence-corrected chi connectivity index (χ2v) is 14.0. The van der Waals surface area contributed by atoms with Crippen LogP contribution in [0.15, 0.2) is 203 Å². The van der Waals surface area contributed by atoms with E-state index in [4.69, 9.17) is 23.8 Å². The van der Waals surface area contributed by atoms with Crippen molar-refractivity contribution in [3.8, 4) is 45.3 Å². The summed E-state index contributed by atoms with van der Waals surface area (Å²) in [5, 5.41) is 4.28. The van der Waals surface area contributed by atoms with Crippen LogP contribution in [0.4, 0.5) is 17.1 Å². The first kappa shape index (κ1) is 32.6. The van der Waals surface area contributed by atoms with Crippen molar-refractivity contribution < 1.29 is 8.83 Å². The van der Waals surface area contributed by atoms with Gasteiger partial charge in [-0.15, -0.1) is 0 Å². The molecule has 0 unspecified atom stereocenters. The Balaban J connectivity index is 0.999. The number of furan rings is 2. The minimum Gasteiger partial charge on any atom is -0.456 e. The van der Waals surface area contributed by atoms with Crippen molar-refractivity contribution in [1.82, 2.24) is 15.0 Å². The van der Waals surface area contributed by atoms with E-state index >= 15 is 0 Å². The zero-order chi connectivity index (χ0) is 37.7. The number of fused-ring (bicyclic) bond motifs is 6. The summed E-state index contributed by atoms with van der Waals surface area (Å²) in [6.45, 7) is 0. The SMILES string of the molecule is c1ccc(-c2nc(-c3ccccc3)nc(-c3ccc4c(c3)oc3cccc(-c5ccc(N(c6ccccc6)c6cccc7c6oc6ccccc67)cc5)c34)n2)cc1. The topological polar surface area (TPSA) is 68.2 Å². The van der Waals surface area contributed by atoms with Gasteiger partial charge in [0, 0.05) is 49.6 Å². The predicted molar refractivity (Wildman–Crippen MR) is 231 cm³/mol. The third kappa shape index (κ3) is 5.70. The lowest BCUT2D eigenvalue weighted by Crippen LogP contribution is -2.10. The second kappa shape index (κ2) is 13.5. The lowest BCUT2D eigenvalue weighted by molar-refractivity contribution is 0.668. The highest BCUT2D eigenvalue weighted by Gasteiger charge is 2.20. The maximum Gasteiger partial charge on any atom is 0.164 e. The molecule has 11 aromatic rings. The van der Waals surface area contributed by atoms with E-state index in [2.05, 4.69) is 108 Å². The Morgan fingerprint density at radius 2 is 0.912 bits per heavy atom. The summed E-state index contributed by atoms with van der Waals surface area (Å²) >= 11 is 0. The highest BCUT2D eigenvalue weighted by molar-refractivity contribution is 6.13. The van der Waals surface area contributed by atoms with Crippen molar-refractivity contribution in [3.63, 3.8) is 0 Å². The molecule has 0 radical (unpaired) electrons. The third-order valence-corrected chi connectivity index (χ3v) is 10.5. The van der Waals surface area contributed by atoms with E-state index in [-0.39, 0.29) is 0 Å². The van der Waals surface area contributed by atoms with Crippen LogP contribution in [0, 0.1) is 0 Å². The predicted octanol–water partition coefficient (Wildman–Crippen LogP) is 13.8. The van der Waals surface area contributed by atoms with Gasteiger partial charge in [0.05, 0.1) is 5.69 Å². The van der Waals surface area contributed by atoms with Crippen LogP contribution >= 0.6 is 0 Å². The average Bonchev–Trinajstić information content (AvgIpc) is 3.86. The molecule has 11 rings (SSSR count). The molecule has 0 atom stereocenters. The van der Waals surface area contributed by atoms with Gasteiger partial charge < -0.3 is 13.7 Å². The normalized spacial score (nSPS) is 11.5. The number of rotatable bonds is 7. The smallest absolute Gasteiger partial charge is 0.164 e. The van der Waals surface area contributed by atoms with Crippen molar-refractivity contribution in [3.05, 3.63) is 194 Å². The van der Waals surface area contributed by atoms with Gasteiger partial charge in [0.2, 0.25) is 0 Å². The van der Waals surface area contributed by atoms with Crippen LogP contribution in [-0.4, -0.2) is 15.0 Å². The quantitative estimate of drug-likeness (QED) is 0.162. The summed E-state index contributed by atoms with van der Waals surface area (Å²) in [5.41, 5.74) is 11.2. The third-order valence-electron chi connectivity index (χ3n) is 10.5. The van der Waals surface area contributed by atoms with Crippen LogP contribution in [0.1, 0.15) is 0 Å². The molecule has 57 heavy (non-hydrogen) atoms. The number of benzene rings is 8. The molecule has 0 spiro atoms. The van der Waals surface area contributed by atoms with Crippen molar-refractivity contribution in [2.75, 3.05) is 4.90 Å². The van der Waals surface area contributed by atoms with E-state index in [9.17, 15) is 0 Å². The van der Waals surface area contributed by atoms with Crippen LogP contribution in [0.5, 0.6) is 0 Å². The molecule has 268 valence electrons. The Bertz CT molecular complexity index is 3170. The molecule has 6 heteroatoms. The molecule has 0 fully saturated rings. The molecule has 0 bridgehead atoms. The van der Waals surface area contributed by atoms with Crippen molar-refractivity contribution in [2.24, 2.45) is 0 Å². The summed E-state index contributed by atoms with van der Waals surface area (Å²) in [6.07, 6.45) is 0. The zero-order valence-electron chi connectivity index (χ0n) is 30.6. The number of hydrogen-bond acceptors (Lipinski definition) is 6. The highest BCUT2D eigenvalue weighted by Crippen LogP contribution is 2.43. The Morgan fingerprint density at radius 1 is 0.351 bits per heavy atom. The lowest BCUT2D eigenvalue weighted by atomic mass is 9.98. The molecule has 0 aliphatic heterocycles. The maximum absolute atomic E-state index is 6.56. The molecule has 0 saturated carbocycles. The number of aromatic nitrogens is 3. The van der Waals surface area contributed by atoms with E-state index in [0.717, 1.165) is 88.8 Å². The van der Waals surface area contributed by atoms with Crippen molar-refractivity contribution >= 4 is 60.9 Å². The molecule has 0 aliphatic rings. The van der Waals surface area contributed by atoms with Crippen LogP contribution in [0.2, 0.25) is 0 Å². The van der Waals surface area contributed by atoms with Crippen LogP contribution < -0.4 is 4.90 Å². The fourth-order valence-corrected chi connectivity index (χ4v) is 7.85. The summed E-state index contributed by atoms with van der Waals surface area (Å²) in [7, 11) is 0. The Morgan fingerprint density at radius 3 is 1.63 bits per heavy atom. The number of anilines is 3. The minimum absolute atomic E-state index is 0.585. The minimum atomic E-state index is 0.585. The van der Waals surface area contributed by atoms with Crippen LogP contribution in [0.25, 0.3) is 89.2 Å². The summed E-state index contributed by atoms with van der Waals surface area (Å²) < 4.78 is 13.1. The largest absolute Gasteiger partial charge is 0.456 e. The van der Waals surface area contributed by atoms with Gasteiger partial charge in [-0.1, -0.05) is 140 Å². The van der Waals surface area contributed by atoms with Gasteiger partial charge in [-0.3, -0.25) is 0 Å². The molecule has 0 amide bonds. The molecule has 6 nitrogen and oxygen atoms in total. The van der Waals surface area contributed by atoms with Gasteiger partial charge >= 0.3 is 0 Å². The van der Waals surface area contributed by atoms with E-state index in [1.54, 1.807) is 0 Å². The molecule has 8 aromatic carbocycles. The van der Waals surface area contributed by atoms with E-state index in [1.165, 1.54) is 0 Å². The van der Waals surface area contributed by atoms with Crippen LogP contribution in [0.3, 0.4) is 0 Å². The monoisotopic (exact) mass is 732 g/mol. The van der Waals surface area contributed by atoms with E-state index < -0.39 is 0 Å². The lowest BCUT2D eigenvalue weighted by Gasteiger charge is -2.25. The molecule has 3 aromatic heterocycles. The number of hydrogen-bond donors (Lipinski definition) is 0. The van der Waals surface area contributed by atoms with Gasteiger partial charge in [-0.05, 0) is 65.7 Å². The summed E-state index contributed by atoms with van der Waals surface area (Å²) in [5.74, 6) is 1.83. The van der Waals surface area contributed by atoms with Gasteiger partial charge in [0.15, 0.2) is 23.1 Å². The second-order valence-electron chi connectivity index (χ2n) is 14.0. The number of para-hydroxylation sites is 3. The summed E-state index contributed by atoms with van der Waals surface area (Å²) in [4.78, 5) is 17.0. The standard InChI is InChI=1S/C51H32N4O2/c1-4-14-34(15-5-1)49-52-50(35-16-6-2-7-17-35)54-51(53-49)36-28-31-42-46(32-36)56-45-25-13-21-39(47(42)45)33-26-29-38(30-27-33)55(37-18-8-3-9-19-37)43-23-12-22-41-40-20-10-11-24-44(40)57-48(41)43/h1-32H. The summed E-state index contributed by atoms with van der Waals surface area (Å²) in [6, 6.07) is 66.2. The molecule has 0 N–H and O–H groups in total. The molecule has 0 aliphatic carbocycles. The molecular formula is C51H32N4O2. The first-order valence-electron chi connectivity index (χ1n) is 18.9. The average molecular weight is 733 g/mol.